The van der Waals surface area contributed by atoms with Crippen LogP contribution < -0.4 is 5.73 Å². The van der Waals surface area contributed by atoms with Crippen LogP contribution >= 0.6 is 11.6 Å². The molecule has 0 atom stereocenters. The van der Waals surface area contributed by atoms with Crippen molar-refractivity contribution in [1.29, 1.82) is 0 Å². The minimum Gasteiger partial charge on any atom is -0.321 e. The van der Waals surface area contributed by atoms with Gasteiger partial charge in [-0.2, -0.15) is 0 Å². The third-order valence-electron chi connectivity index (χ3n) is 2.69. The van der Waals surface area contributed by atoms with Gasteiger partial charge >= 0.3 is 0 Å². The van der Waals surface area contributed by atoms with Gasteiger partial charge in [0.25, 0.3) is 5.92 Å². The Bertz CT molecular complexity index is 439. The van der Waals surface area contributed by atoms with Crippen molar-refractivity contribution in [3.8, 4) is 0 Å². The number of benzene rings is 1. The summed E-state index contributed by atoms with van der Waals surface area (Å²) in [5.74, 6) is -4.63. The lowest BCUT2D eigenvalue weighted by Gasteiger charge is -2.44. The first-order valence-corrected chi connectivity index (χ1v) is 4.93. The van der Waals surface area contributed by atoms with E-state index in [9.17, 15) is 17.6 Å². The fourth-order valence-electron chi connectivity index (χ4n) is 1.97. The van der Waals surface area contributed by atoms with Gasteiger partial charge in [0, 0.05) is 18.4 Å². The van der Waals surface area contributed by atoms with Gasteiger partial charge in [0.15, 0.2) is 0 Å². The van der Waals surface area contributed by atoms with E-state index >= 15 is 0 Å². The van der Waals surface area contributed by atoms with Crippen LogP contribution in [0.2, 0.25) is 5.02 Å². The molecule has 2 N–H and O–H groups in total. The Labute approximate surface area is 94.2 Å². The summed E-state index contributed by atoms with van der Waals surface area (Å²) in [6.45, 7) is 0. The van der Waals surface area contributed by atoms with Gasteiger partial charge in [0.05, 0.1) is 10.6 Å². The molecule has 0 saturated heterocycles. The topological polar surface area (TPSA) is 26.0 Å². The second-order valence-corrected chi connectivity index (χ2v) is 4.52. The smallest absolute Gasteiger partial charge is 0.252 e. The molecule has 1 aromatic carbocycles. The Morgan fingerprint density at radius 2 is 1.69 bits per heavy atom. The van der Waals surface area contributed by atoms with Gasteiger partial charge in [-0.05, 0) is 12.1 Å². The molecule has 0 amide bonds. The minimum atomic E-state index is -2.91. The number of halogens is 5. The number of alkyl halides is 2. The highest BCUT2D eigenvalue weighted by Crippen LogP contribution is 2.50. The van der Waals surface area contributed by atoms with Crippen LogP contribution in [0.3, 0.4) is 0 Å². The average molecular weight is 254 g/mol. The van der Waals surface area contributed by atoms with E-state index in [1.54, 1.807) is 0 Å². The fraction of sp³-hybridized carbons (Fsp3) is 0.400. The summed E-state index contributed by atoms with van der Waals surface area (Å²) in [5, 5.41) is -0.393. The average Bonchev–Trinajstić information content (AvgIpc) is 2.07. The predicted octanol–water partition coefficient (Wildman–Crippen LogP) is 3.20. The van der Waals surface area contributed by atoms with Gasteiger partial charge in [-0.15, -0.1) is 0 Å². The molecule has 0 unspecified atom stereocenters. The van der Waals surface area contributed by atoms with Crippen LogP contribution in [-0.4, -0.2) is 5.92 Å². The summed E-state index contributed by atoms with van der Waals surface area (Å²) in [6.07, 6.45) is -1.37. The largest absolute Gasteiger partial charge is 0.321 e. The summed E-state index contributed by atoms with van der Waals surface area (Å²) < 4.78 is 51.9. The molecular weight excluding hydrogens is 246 g/mol. The van der Waals surface area contributed by atoms with Crippen molar-refractivity contribution in [2.75, 3.05) is 0 Å². The molecule has 0 radical (unpaired) electrons. The van der Waals surface area contributed by atoms with E-state index in [1.165, 1.54) is 0 Å². The van der Waals surface area contributed by atoms with Gasteiger partial charge in [-0.1, -0.05) is 11.6 Å². The Hall–Kier alpha value is -0.810. The molecule has 0 aliphatic heterocycles. The zero-order valence-corrected chi connectivity index (χ0v) is 8.79. The SMILES string of the molecule is NC1(c2cc(F)c(Cl)cc2F)CC(F)(F)C1. The van der Waals surface area contributed by atoms with Crippen molar-refractivity contribution in [3.05, 3.63) is 34.4 Å². The molecule has 6 heteroatoms. The normalized spacial score (nSPS) is 21.6. The molecule has 1 aliphatic carbocycles. The summed E-state index contributed by atoms with van der Waals surface area (Å²) in [5.41, 5.74) is 3.84. The highest BCUT2D eigenvalue weighted by atomic mass is 35.5. The van der Waals surface area contributed by atoms with Crippen molar-refractivity contribution in [3.63, 3.8) is 0 Å². The highest BCUT2D eigenvalue weighted by molar-refractivity contribution is 6.30. The van der Waals surface area contributed by atoms with Crippen molar-refractivity contribution in [2.45, 2.75) is 24.3 Å². The molecule has 1 fully saturated rings. The number of hydrogen-bond donors (Lipinski definition) is 1. The van der Waals surface area contributed by atoms with Crippen molar-refractivity contribution >= 4 is 11.6 Å². The molecule has 0 bridgehead atoms. The van der Waals surface area contributed by atoms with Crippen LogP contribution in [0.4, 0.5) is 17.6 Å². The van der Waals surface area contributed by atoms with Crippen LogP contribution in [0.5, 0.6) is 0 Å². The second kappa shape index (κ2) is 3.34. The first kappa shape index (κ1) is 11.7. The van der Waals surface area contributed by atoms with E-state index in [1.807, 2.05) is 0 Å². The summed E-state index contributed by atoms with van der Waals surface area (Å²) in [4.78, 5) is 0. The van der Waals surface area contributed by atoms with E-state index in [2.05, 4.69) is 0 Å². The van der Waals surface area contributed by atoms with Crippen LogP contribution in [-0.2, 0) is 5.54 Å². The van der Waals surface area contributed by atoms with Crippen molar-refractivity contribution in [2.24, 2.45) is 5.73 Å². The molecular formula is C10H8ClF4N. The first-order chi connectivity index (χ1) is 7.23. The molecule has 1 saturated carbocycles. The van der Waals surface area contributed by atoms with Gasteiger partial charge in [0.1, 0.15) is 11.6 Å². The van der Waals surface area contributed by atoms with Crippen molar-refractivity contribution in [1.82, 2.24) is 0 Å². The summed E-state index contributed by atoms with van der Waals surface area (Å²) >= 11 is 5.35. The van der Waals surface area contributed by atoms with E-state index < -0.39 is 41.0 Å². The summed E-state index contributed by atoms with van der Waals surface area (Å²) in [6, 6.07) is 1.53. The lowest BCUT2D eigenvalue weighted by molar-refractivity contribution is -0.125. The van der Waals surface area contributed by atoms with Gasteiger partial charge < -0.3 is 5.73 Å². The maximum atomic E-state index is 13.4. The Balaban J connectivity index is 2.39. The molecule has 0 spiro atoms. The molecule has 1 aliphatic rings. The predicted molar refractivity (Wildman–Crippen MR) is 51.4 cm³/mol. The fourth-order valence-corrected chi connectivity index (χ4v) is 2.12. The summed E-state index contributed by atoms with van der Waals surface area (Å²) in [7, 11) is 0. The molecule has 0 aromatic heterocycles. The quantitative estimate of drug-likeness (QED) is 0.604. The first-order valence-electron chi connectivity index (χ1n) is 4.55. The molecule has 1 aromatic rings. The Morgan fingerprint density at radius 3 is 2.19 bits per heavy atom. The van der Waals surface area contributed by atoms with E-state index in [4.69, 9.17) is 17.3 Å². The van der Waals surface area contributed by atoms with Gasteiger partial charge in [-0.3, -0.25) is 0 Å². The number of nitrogens with two attached hydrogens (primary N) is 1. The van der Waals surface area contributed by atoms with E-state index in [0.29, 0.717) is 0 Å². The maximum absolute atomic E-state index is 13.4. The number of rotatable bonds is 1. The van der Waals surface area contributed by atoms with Gasteiger partial charge in [-0.25, -0.2) is 17.6 Å². The van der Waals surface area contributed by atoms with E-state index in [0.717, 1.165) is 12.1 Å². The zero-order chi connectivity index (χ0) is 12.1. The zero-order valence-electron chi connectivity index (χ0n) is 8.04. The third kappa shape index (κ3) is 1.78. The Kier molecular flexibility index (Phi) is 2.44. The second-order valence-electron chi connectivity index (χ2n) is 4.11. The van der Waals surface area contributed by atoms with Crippen LogP contribution in [0.1, 0.15) is 18.4 Å². The maximum Gasteiger partial charge on any atom is 0.252 e. The lowest BCUT2D eigenvalue weighted by Crippen LogP contribution is -2.56. The Morgan fingerprint density at radius 1 is 1.12 bits per heavy atom. The molecule has 1 nitrogen and oxygen atoms in total. The van der Waals surface area contributed by atoms with Gasteiger partial charge in [0.2, 0.25) is 0 Å². The van der Waals surface area contributed by atoms with E-state index in [-0.39, 0.29) is 5.56 Å². The monoisotopic (exact) mass is 253 g/mol. The van der Waals surface area contributed by atoms with Crippen LogP contribution in [0, 0.1) is 11.6 Å². The minimum absolute atomic E-state index is 0.250. The molecule has 16 heavy (non-hydrogen) atoms. The van der Waals surface area contributed by atoms with Crippen molar-refractivity contribution < 1.29 is 17.6 Å². The third-order valence-corrected chi connectivity index (χ3v) is 2.98. The highest BCUT2D eigenvalue weighted by Gasteiger charge is 2.56. The van der Waals surface area contributed by atoms with Crippen LogP contribution in [0.15, 0.2) is 12.1 Å². The number of hydrogen-bond acceptors (Lipinski definition) is 1. The molecule has 88 valence electrons. The standard InChI is InChI=1S/C10H8ClF4N/c11-6-2-7(12)5(1-8(6)13)9(16)3-10(14,15)4-9/h1-2H,3-4,16H2. The van der Waals surface area contributed by atoms with Crippen LogP contribution in [0.25, 0.3) is 0 Å². The molecule has 0 heterocycles. The molecule has 2 rings (SSSR count). The lowest BCUT2D eigenvalue weighted by atomic mass is 9.69.